The molecular weight excluding hydrogens is 379 g/mol. The van der Waals surface area contributed by atoms with Crippen LogP contribution in [0.1, 0.15) is 12.5 Å². The Hall–Kier alpha value is -2.77. The minimum Gasteiger partial charge on any atom is -0.326 e. The Balaban J connectivity index is 1.80. The summed E-state index contributed by atoms with van der Waals surface area (Å²) in [6.07, 6.45) is 6.13. The third-order valence-corrected chi connectivity index (χ3v) is 5.85. The maximum Gasteiger partial charge on any atom is 0.241 e. The Kier molecular flexibility index (Phi) is 5.76. The average Bonchev–Trinajstić information content (AvgIpc) is 2.64. The molecule has 0 aromatic heterocycles. The molecule has 0 bridgehead atoms. The van der Waals surface area contributed by atoms with Gasteiger partial charge < -0.3 is 5.32 Å². The monoisotopic (exact) mass is 400 g/mol. The van der Waals surface area contributed by atoms with Crippen LogP contribution in [0.2, 0.25) is 0 Å². The molecule has 0 aliphatic heterocycles. The first-order chi connectivity index (χ1) is 13.3. The highest BCUT2D eigenvalue weighted by atomic mass is 32.2. The molecule has 2 aromatic rings. The molecule has 146 valence electrons. The Labute approximate surface area is 164 Å². The fraction of sp³-hybridized carbons (Fsp3) is 0.190. The van der Waals surface area contributed by atoms with Crippen molar-refractivity contribution in [2.75, 3.05) is 5.32 Å². The lowest BCUT2D eigenvalue weighted by Crippen LogP contribution is -2.49. The second kappa shape index (κ2) is 8.08. The molecule has 1 aliphatic carbocycles. The number of sulfonamides is 1. The van der Waals surface area contributed by atoms with E-state index >= 15 is 4.39 Å². The maximum atomic E-state index is 15.7. The summed E-state index contributed by atoms with van der Waals surface area (Å²) in [5.74, 6) is -0.254. The van der Waals surface area contributed by atoms with Crippen molar-refractivity contribution in [1.82, 2.24) is 4.72 Å². The fourth-order valence-electron chi connectivity index (χ4n) is 3.03. The SMILES string of the molecule is CC(=O)Nc1ccc(S(=O)(=O)NC2C=CC=CC2(F)Cc2ccccc2)cc1. The number of nitrogens with one attached hydrogen (secondary N) is 2. The normalized spacial score (nSPS) is 21.4. The van der Waals surface area contributed by atoms with Crippen LogP contribution in [0.4, 0.5) is 10.1 Å². The number of amides is 1. The molecule has 1 aliphatic rings. The van der Waals surface area contributed by atoms with Crippen molar-refractivity contribution in [1.29, 1.82) is 0 Å². The van der Waals surface area contributed by atoms with Gasteiger partial charge in [-0.05, 0) is 35.9 Å². The molecule has 2 atom stereocenters. The zero-order valence-electron chi connectivity index (χ0n) is 15.3. The van der Waals surface area contributed by atoms with E-state index in [1.54, 1.807) is 24.3 Å². The first-order valence-corrected chi connectivity index (χ1v) is 10.3. The van der Waals surface area contributed by atoms with Gasteiger partial charge in [0.1, 0.15) is 0 Å². The minimum atomic E-state index is -3.96. The zero-order chi connectivity index (χ0) is 20.2. The maximum absolute atomic E-state index is 15.7. The van der Waals surface area contributed by atoms with Crippen molar-refractivity contribution >= 4 is 21.6 Å². The number of carbonyl (C=O) groups is 1. The molecule has 1 amide bonds. The molecular formula is C21H21FN2O3S. The standard InChI is InChI=1S/C21H21FN2O3S/c1-16(25)23-18-10-12-19(13-11-18)28(26,27)24-20-9-5-6-14-21(20,22)15-17-7-3-2-4-8-17/h2-14,20,24H,15H2,1H3,(H,23,25). The molecule has 2 unspecified atom stereocenters. The predicted octanol–water partition coefficient (Wildman–Crippen LogP) is 3.37. The van der Waals surface area contributed by atoms with Gasteiger partial charge in [0.2, 0.25) is 15.9 Å². The van der Waals surface area contributed by atoms with Crippen LogP contribution < -0.4 is 10.0 Å². The zero-order valence-corrected chi connectivity index (χ0v) is 16.1. The lowest BCUT2D eigenvalue weighted by molar-refractivity contribution is -0.114. The molecule has 0 saturated carbocycles. The first-order valence-electron chi connectivity index (χ1n) is 8.77. The Bertz CT molecular complexity index is 1000. The van der Waals surface area contributed by atoms with Crippen molar-refractivity contribution in [3.63, 3.8) is 0 Å². The third kappa shape index (κ3) is 4.74. The van der Waals surface area contributed by atoms with Crippen molar-refractivity contribution in [2.45, 2.75) is 30.0 Å². The molecule has 5 nitrogen and oxygen atoms in total. The number of rotatable bonds is 6. The van der Waals surface area contributed by atoms with Crippen LogP contribution in [-0.4, -0.2) is 26.0 Å². The second-order valence-electron chi connectivity index (χ2n) is 6.64. The Morgan fingerprint density at radius 2 is 1.75 bits per heavy atom. The van der Waals surface area contributed by atoms with E-state index < -0.39 is 21.7 Å². The van der Waals surface area contributed by atoms with Crippen LogP contribution in [0.5, 0.6) is 0 Å². The predicted molar refractivity (Wildman–Crippen MR) is 107 cm³/mol. The largest absolute Gasteiger partial charge is 0.326 e. The highest BCUT2D eigenvalue weighted by Crippen LogP contribution is 2.29. The summed E-state index contributed by atoms with van der Waals surface area (Å²) in [7, 11) is -3.96. The van der Waals surface area contributed by atoms with E-state index in [2.05, 4.69) is 10.0 Å². The number of halogens is 1. The summed E-state index contributed by atoms with van der Waals surface area (Å²) in [6, 6.07) is 13.7. The van der Waals surface area contributed by atoms with E-state index in [-0.39, 0.29) is 17.2 Å². The number of carbonyl (C=O) groups excluding carboxylic acids is 1. The summed E-state index contributed by atoms with van der Waals surface area (Å²) in [5.41, 5.74) is -0.635. The van der Waals surface area contributed by atoms with Gasteiger partial charge >= 0.3 is 0 Å². The van der Waals surface area contributed by atoms with Crippen LogP contribution in [0, 0.1) is 0 Å². The minimum absolute atomic E-state index is 0.00776. The van der Waals surface area contributed by atoms with E-state index in [9.17, 15) is 13.2 Å². The van der Waals surface area contributed by atoms with E-state index in [0.717, 1.165) is 5.56 Å². The van der Waals surface area contributed by atoms with Crippen molar-refractivity contribution in [2.24, 2.45) is 0 Å². The summed E-state index contributed by atoms with van der Waals surface area (Å²) >= 11 is 0. The van der Waals surface area contributed by atoms with Gasteiger partial charge in [-0.15, -0.1) is 0 Å². The summed E-state index contributed by atoms with van der Waals surface area (Å²) in [4.78, 5) is 11.1. The summed E-state index contributed by atoms with van der Waals surface area (Å²) in [5, 5.41) is 2.57. The fourth-order valence-corrected chi connectivity index (χ4v) is 4.26. The highest BCUT2D eigenvalue weighted by molar-refractivity contribution is 7.89. The van der Waals surface area contributed by atoms with Crippen LogP contribution in [-0.2, 0) is 21.2 Å². The van der Waals surface area contributed by atoms with Gasteiger partial charge in [-0.3, -0.25) is 4.79 Å². The van der Waals surface area contributed by atoms with Gasteiger partial charge in [0.15, 0.2) is 5.67 Å². The molecule has 2 aromatic carbocycles. The van der Waals surface area contributed by atoms with Crippen molar-refractivity contribution < 1.29 is 17.6 Å². The van der Waals surface area contributed by atoms with Crippen molar-refractivity contribution in [3.8, 4) is 0 Å². The van der Waals surface area contributed by atoms with Gasteiger partial charge in [-0.2, -0.15) is 0 Å². The number of hydrogen-bond acceptors (Lipinski definition) is 3. The smallest absolute Gasteiger partial charge is 0.241 e. The molecule has 0 spiro atoms. The van der Waals surface area contributed by atoms with Crippen LogP contribution in [0.25, 0.3) is 0 Å². The van der Waals surface area contributed by atoms with Gasteiger partial charge in [0.05, 0.1) is 10.9 Å². The lowest BCUT2D eigenvalue weighted by atomic mass is 9.86. The molecule has 28 heavy (non-hydrogen) atoms. The van der Waals surface area contributed by atoms with Crippen LogP contribution in [0.3, 0.4) is 0 Å². The first kappa shape index (κ1) is 20.0. The third-order valence-electron chi connectivity index (χ3n) is 4.39. The number of benzene rings is 2. The van der Waals surface area contributed by atoms with Crippen molar-refractivity contribution in [3.05, 3.63) is 84.5 Å². The molecule has 7 heteroatoms. The van der Waals surface area contributed by atoms with Gasteiger partial charge in [-0.1, -0.05) is 48.6 Å². The summed E-state index contributed by atoms with van der Waals surface area (Å²) in [6.45, 7) is 1.36. The molecule has 0 radical (unpaired) electrons. The molecule has 2 N–H and O–H groups in total. The molecule has 0 heterocycles. The van der Waals surface area contributed by atoms with Gasteiger partial charge in [0.25, 0.3) is 0 Å². The number of hydrogen-bond donors (Lipinski definition) is 2. The average molecular weight is 400 g/mol. The Morgan fingerprint density at radius 1 is 1.07 bits per heavy atom. The van der Waals surface area contributed by atoms with Gasteiger partial charge in [-0.25, -0.2) is 17.5 Å². The van der Waals surface area contributed by atoms with Crippen LogP contribution in [0.15, 0.2) is 83.8 Å². The number of anilines is 1. The van der Waals surface area contributed by atoms with E-state index in [1.165, 1.54) is 43.3 Å². The number of allylic oxidation sites excluding steroid dienone is 2. The van der Waals surface area contributed by atoms with Crippen LogP contribution >= 0.6 is 0 Å². The Morgan fingerprint density at radius 3 is 2.39 bits per heavy atom. The quantitative estimate of drug-likeness (QED) is 0.781. The molecule has 0 saturated heterocycles. The molecule has 0 fully saturated rings. The van der Waals surface area contributed by atoms with E-state index in [4.69, 9.17) is 0 Å². The highest BCUT2D eigenvalue weighted by Gasteiger charge is 2.39. The van der Waals surface area contributed by atoms with Gasteiger partial charge in [0, 0.05) is 19.0 Å². The second-order valence-corrected chi connectivity index (χ2v) is 8.35. The number of alkyl halides is 1. The van der Waals surface area contributed by atoms with E-state index in [0.29, 0.717) is 5.69 Å². The lowest BCUT2D eigenvalue weighted by Gasteiger charge is -2.31. The topological polar surface area (TPSA) is 75.3 Å². The summed E-state index contributed by atoms with van der Waals surface area (Å²) < 4.78 is 43.6. The van der Waals surface area contributed by atoms with E-state index in [1.807, 2.05) is 18.2 Å². The molecule has 3 rings (SSSR count).